The van der Waals surface area contributed by atoms with Gasteiger partial charge in [-0.15, -0.1) is 0 Å². The van der Waals surface area contributed by atoms with Gasteiger partial charge in [-0.05, 0) is 49.6 Å². The minimum Gasteiger partial charge on any atom is -0.395 e. The van der Waals surface area contributed by atoms with Crippen LogP contribution in [0.15, 0.2) is 48.8 Å². The summed E-state index contributed by atoms with van der Waals surface area (Å²) in [6.45, 7) is 6.39. The number of aryl methyl sites for hydroxylation is 1. The third kappa shape index (κ3) is 4.84. The number of aliphatic hydroxyl groups excluding tert-OH is 1. The van der Waals surface area contributed by atoms with Gasteiger partial charge in [-0.3, -0.25) is 9.48 Å². The largest absolute Gasteiger partial charge is 0.395 e. The summed E-state index contributed by atoms with van der Waals surface area (Å²) in [6.07, 6.45) is 2.69. The average molecular weight is 503 g/mol. The van der Waals surface area contributed by atoms with Crippen molar-refractivity contribution in [1.82, 2.24) is 30.1 Å². The van der Waals surface area contributed by atoms with Gasteiger partial charge >= 0.3 is 0 Å². The molecule has 4 aromatic rings. The predicted molar refractivity (Wildman–Crippen MR) is 140 cm³/mol. The first-order valence-electron chi connectivity index (χ1n) is 12.2. The maximum absolute atomic E-state index is 12.8. The van der Waals surface area contributed by atoms with E-state index < -0.39 is 12.1 Å². The Morgan fingerprint density at radius 3 is 2.81 bits per heavy atom. The minimum atomic E-state index is -0.596. The second-order valence-corrected chi connectivity index (χ2v) is 9.31. The van der Waals surface area contributed by atoms with Gasteiger partial charge in [0.25, 0.3) is 5.91 Å². The van der Waals surface area contributed by atoms with Gasteiger partial charge in [-0.2, -0.15) is 15.1 Å². The number of nitrogens with one attached hydrogen (secondary N) is 3. The molecular formula is C26H30N8O3. The van der Waals surface area contributed by atoms with Crippen molar-refractivity contribution in [2.24, 2.45) is 0 Å². The van der Waals surface area contributed by atoms with Crippen molar-refractivity contribution in [1.29, 1.82) is 0 Å². The van der Waals surface area contributed by atoms with Gasteiger partial charge in [0.1, 0.15) is 17.5 Å². The molecule has 0 unspecified atom stereocenters. The summed E-state index contributed by atoms with van der Waals surface area (Å²) in [6, 6.07) is 12.0. The fraction of sp³-hybridized carbons (Fsp3) is 0.308. The Hall–Kier alpha value is -4.06. The number of anilines is 3. The summed E-state index contributed by atoms with van der Waals surface area (Å²) in [5, 5.41) is 35.6. The first kappa shape index (κ1) is 24.6. The number of rotatable bonds is 8. The van der Waals surface area contributed by atoms with Crippen molar-refractivity contribution in [3.8, 4) is 0 Å². The highest BCUT2D eigenvalue weighted by Crippen LogP contribution is 2.34. The van der Waals surface area contributed by atoms with Crippen LogP contribution in [0.25, 0.3) is 10.9 Å². The van der Waals surface area contributed by atoms with Gasteiger partial charge in [0.2, 0.25) is 5.95 Å². The standard InChI is InChI=1S/C26H30N8O3/c1-15(2)34-22-11-21(16(3)10-18(22)12-29-34)30-26-28-13-20(25(36)27-8-9-35)23(32-26)31-24-19-7-5-4-6-17(19)14-33(24)37/h4-7,10-13,15,24,35,37H,8-9,14H2,1-3H3,(H,27,36)(H2,28,30,31,32)/t24-/m1/s1. The second-order valence-electron chi connectivity index (χ2n) is 9.31. The molecule has 11 heteroatoms. The minimum absolute atomic E-state index is 0.0966. The molecule has 192 valence electrons. The lowest BCUT2D eigenvalue weighted by atomic mass is 10.1. The Morgan fingerprint density at radius 1 is 1.22 bits per heavy atom. The summed E-state index contributed by atoms with van der Waals surface area (Å²) in [7, 11) is 0. The molecule has 5 N–H and O–H groups in total. The summed E-state index contributed by atoms with van der Waals surface area (Å²) in [5.41, 5.74) is 4.86. The van der Waals surface area contributed by atoms with Crippen LogP contribution in [-0.2, 0) is 6.54 Å². The zero-order chi connectivity index (χ0) is 26.1. The number of fused-ring (bicyclic) bond motifs is 2. The molecule has 1 aliphatic rings. The summed E-state index contributed by atoms with van der Waals surface area (Å²) < 4.78 is 1.95. The molecule has 3 heterocycles. The number of benzene rings is 2. The highest BCUT2D eigenvalue weighted by atomic mass is 16.5. The van der Waals surface area contributed by atoms with E-state index in [-0.39, 0.29) is 36.5 Å². The number of carbonyl (C=O) groups is 1. The van der Waals surface area contributed by atoms with E-state index in [0.717, 1.165) is 33.3 Å². The van der Waals surface area contributed by atoms with Crippen molar-refractivity contribution in [2.45, 2.75) is 39.5 Å². The van der Waals surface area contributed by atoms with Crippen molar-refractivity contribution in [3.63, 3.8) is 0 Å². The molecule has 0 aliphatic carbocycles. The number of hydrogen-bond acceptors (Lipinski definition) is 9. The van der Waals surface area contributed by atoms with Crippen LogP contribution in [0, 0.1) is 6.92 Å². The average Bonchev–Trinajstić information content (AvgIpc) is 3.43. The smallest absolute Gasteiger partial charge is 0.256 e. The third-order valence-corrected chi connectivity index (χ3v) is 6.36. The normalized spacial score (nSPS) is 15.2. The van der Waals surface area contributed by atoms with Crippen LogP contribution in [0.1, 0.15) is 53.1 Å². The lowest BCUT2D eigenvalue weighted by Gasteiger charge is -2.22. The molecular weight excluding hydrogens is 472 g/mol. The van der Waals surface area contributed by atoms with Gasteiger partial charge < -0.3 is 26.3 Å². The zero-order valence-electron chi connectivity index (χ0n) is 20.9. The third-order valence-electron chi connectivity index (χ3n) is 6.36. The second kappa shape index (κ2) is 10.1. The monoisotopic (exact) mass is 502 g/mol. The Labute approximate surface area is 214 Å². The summed E-state index contributed by atoms with van der Waals surface area (Å²) in [4.78, 5) is 21.8. The first-order chi connectivity index (χ1) is 17.9. The van der Waals surface area contributed by atoms with Crippen LogP contribution in [0.3, 0.4) is 0 Å². The molecule has 1 amide bonds. The molecule has 0 saturated carbocycles. The first-order valence-corrected chi connectivity index (χ1v) is 12.2. The molecule has 11 nitrogen and oxygen atoms in total. The van der Waals surface area contributed by atoms with Crippen molar-refractivity contribution in [2.75, 3.05) is 23.8 Å². The van der Waals surface area contributed by atoms with E-state index in [1.54, 1.807) is 0 Å². The molecule has 0 bridgehead atoms. The van der Waals surface area contributed by atoms with Gasteiger partial charge in [0.15, 0.2) is 0 Å². The molecule has 5 rings (SSSR count). The lowest BCUT2D eigenvalue weighted by molar-refractivity contribution is -0.117. The van der Waals surface area contributed by atoms with Gasteiger partial charge in [-0.25, -0.2) is 4.98 Å². The SMILES string of the molecule is Cc1cc2cnn(C(C)C)c2cc1Nc1ncc(C(=O)NCCO)c(N[C@H]2c3ccccc3CN2O)n1. The molecule has 2 aromatic carbocycles. The fourth-order valence-corrected chi connectivity index (χ4v) is 4.51. The molecule has 0 spiro atoms. The van der Waals surface area contributed by atoms with Crippen molar-refractivity contribution in [3.05, 3.63) is 71.0 Å². The highest BCUT2D eigenvalue weighted by molar-refractivity contribution is 5.98. The Balaban J connectivity index is 1.50. The molecule has 0 fully saturated rings. The summed E-state index contributed by atoms with van der Waals surface area (Å²) in [5.74, 6) is 0.104. The van der Waals surface area contributed by atoms with Crippen LogP contribution in [0.4, 0.5) is 17.5 Å². The molecule has 1 atom stereocenters. The van der Waals surface area contributed by atoms with E-state index in [2.05, 4.69) is 50.9 Å². The number of amides is 1. The molecule has 37 heavy (non-hydrogen) atoms. The van der Waals surface area contributed by atoms with Crippen LogP contribution in [0.5, 0.6) is 0 Å². The predicted octanol–water partition coefficient (Wildman–Crippen LogP) is 3.50. The molecule has 2 aromatic heterocycles. The van der Waals surface area contributed by atoms with Crippen molar-refractivity contribution < 1.29 is 15.1 Å². The summed E-state index contributed by atoms with van der Waals surface area (Å²) >= 11 is 0. The van der Waals surface area contributed by atoms with Crippen molar-refractivity contribution >= 4 is 34.3 Å². The Kier molecular flexibility index (Phi) is 6.74. The van der Waals surface area contributed by atoms with Crippen LogP contribution < -0.4 is 16.0 Å². The van der Waals surface area contributed by atoms with E-state index in [1.165, 1.54) is 11.3 Å². The maximum Gasteiger partial charge on any atom is 0.256 e. The van der Waals surface area contributed by atoms with Crippen LogP contribution in [0.2, 0.25) is 0 Å². The lowest BCUT2D eigenvalue weighted by Crippen LogP contribution is -2.30. The molecule has 0 radical (unpaired) electrons. The molecule has 0 saturated heterocycles. The van der Waals surface area contributed by atoms with E-state index in [9.17, 15) is 10.0 Å². The Morgan fingerprint density at radius 2 is 2.03 bits per heavy atom. The van der Waals surface area contributed by atoms with E-state index >= 15 is 0 Å². The fourth-order valence-electron chi connectivity index (χ4n) is 4.51. The maximum atomic E-state index is 12.8. The van der Waals surface area contributed by atoms with Gasteiger partial charge in [0.05, 0.1) is 24.9 Å². The number of carbonyl (C=O) groups excluding carboxylic acids is 1. The van der Waals surface area contributed by atoms with Gasteiger partial charge in [0, 0.05) is 29.9 Å². The number of aromatic nitrogens is 4. The topological polar surface area (TPSA) is 140 Å². The number of hydroxylamine groups is 2. The van der Waals surface area contributed by atoms with E-state index in [0.29, 0.717) is 6.54 Å². The Bertz CT molecular complexity index is 1450. The number of aliphatic hydroxyl groups is 1. The molecule has 1 aliphatic heterocycles. The van der Waals surface area contributed by atoms with Gasteiger partial charge in [-0.1, -0.05) is 24.3 Å². The van der Waals surface area contributed by atoms with E-state index in [1.807, 2.05) is 48.1 Å². The quantitative estimate of drug-likeness (QED) is 0.245. The van der Waals surface area contributed by atoms with Crippen LogP contribution in [-0.4, -0.2) is 54.2 Å². The van der Waals surface area contributed by atoms with E-state index in [4.69, 9.17) is 5.11 Å². The number of nitrogens with zero attached hydrogens (tertiary/aromatic N) is 5. The highest BCUT2D eigenvalue weighted by Gasteiger charge is 2.30. The zero-order valence-corrected chi connectivity index (χ0v) is 20.9. The number of hydrogen-bond donors (Lipinski definition) is 5. The van der Waals surface area contributed by atoms with Crippen LogP contribution >= 0.6 is 0 Å².